The molecule has 35 heavy (non-hydrogen) atoms. The lowest BCUT2D eigenvalue weighted by Crippen LogP contribution is -2.56. The lowest BCUT2D eigenvalue weighted by atomic mass is 10.0. The fourth-order valence-corrected chi connectivity index (χ4v) is 3.84. The molecule has 8 nitrogen and oxygen atoms in total. The number of hydrogen-bond acceptors (Lipinski definition) is 5. The van der Waals surface area contributed by atoms with Crippen molar-refractivity contribution in [2.45, 2.75) is 44.3 Å². The maximum atomic E-state index is 13.4. The number of phenols is 1. The second kappa shape index (κ2) is 12.1. The molecule has 2 aromatic rings. The van der Waals surface area contributed by atoms with Gasteiger partial charge >= 0.3 is 0 Å². The van der Waals surface area contributed by atoms with E-state index in [9.17, 15) is 23.9 Å². The van der Waals surface area contributed by atoms with Crippen LogP contribution in [0.2, 0.25) is 0 Å². The number of likely N-dealkylation sites (N-methyl/N-ethyl adjacent to an activating group) is 2. The van der Waals surface area contributed by atoms with Crippen LogP contribution in [0.25, 0.3) is 0 Å². The molecule has 0 unspecified atom stereocenters. The van der Waals surface area contributed by atoms with Gasteiger partial charge < -0.3 is 26.4 Å². The number of benzene rings is 2. The normalized spacial score (nSPS) is 13.4. The van der Waals surface area contributed by atoms with Crippen LogP contribution >= 0.6 is 0 Å². The van der Waals surface area contributed by atoms with Gasteiger partial charge in [0.15, 0.2) is 0 Å². The van der Waals surface area contributed by atoms with E-state index in [1.807, 2.05) is 0 Å². The Kier molecular flexibility index (Phi) is 9.53. The minimum absolute atomic E-state index is 0.122. The first kappa shape index (κ1) is 27.5. The fraction of sp³-hybridized carbons (Fsp3) is 0.346. The lowest BCUT2D eigenvalue weighted by molar-refractivity contribution is -0.147. The van der Waals surface area contributed by atoms with E-state index in [1.165, 1.54) is 48.2 Å². The van der Waals surface area contributed by atoms with Gasteiger partial charge in [-0.3, -0.25) is 14.4 Å². The standard InChI is InChI=1S/C26H33FN4O4/c1-5-6-21(30(3)25(34)20(28)14-17-7-10-19(27)11-8-17)26(35)31(4)22(24(29)33)15-18-9-12-23(32)16(2)13-18/h5,7-13,20-22,32H,1,6,14-15,28H2,2-4H3,(H2,29,33)/t20-,21+,22-/m0/s1. The highest BCUT2D eigenvalue weighted by Gasteiger charge is 2.34. The lowest BCUT2D eigenvalue weighted by Gasteiger charge is -2.34. The first-order valence-electron chi connectivity index (χ1n) is 11.2. The minimum Gasteiger partial charge on any atom is -0.508 e. The molecule has 0 heterocycles. The Hall–Kier alpha value is -3.72. The molecule has 0 saturated carbocycles. The summed E-state index contributed by atoms with van der Waals surface area (Å²) in [7, 11) is 2.92. The Labute approximate surface area is 205 Å². The van der Waals surface area contributed by atoms with Crippen LogP contribution in [-0.2, 0) is 27.2 Å². The van der Waals surface area contributed by atoms with E-state index in [2.05, 4.69) is 6.58 Å². The number of hydrogen-bond donors (Lipinski definition) is 3. The van der Waals surface area contributed by atoms with Crippen LogP contribution in [0.4, 0.5) is 4.39 Å². The molecule has 0 aliphatic carbocycles. The average Bonchev–Trinajstić information content (AvgIpc) is 2.82. The van der Waals surface area contributed by atoms with Gasteiger partial charge in [-0.15, -0.1) is 6.58 Å². The third-order valence-corrected chi connectivity index (χ3v) is 6.01. The summed E-state index contributed by atoms with van der Waals surface area (Å²) >= 11 is 0. The summed E-state index contributed by atoms with van der Waals surface area (Å²) in [6.07, 6.45) is 1.95. The van der Waals surface area contributed by atoms with Crippen molar-refractivity contribution in [3.05, 3.63) is 77.6 Å². The zero-order valence-corrected chi connectivity index (χ0v) is 20.3. The van der Waals surface area contributed by atoms with E-state index in [-0.39, 0.29) is 25.0 Å². The molecule has 0 fully saturated rings. The van der Waals surface area contributed by atoms with Gasteiger partial charge in [-0.1, -0.05) is 30.3 Å². The van der Waals surface area contributed by atoms with Gasteiger partial charge in [-0.05, 0) is 54.7 Å². The SMILES string of the molecule is C=CC[C@H](C(=O)N(C)[C@@H](Cc1ccc(O)c(C)c1)C(N)=O)N(C)C(=O)[C@@H](N)Cc1ccc(F)cc1. The van der Waals surface area contributed by atoms with E-state index >= 15 is 0 Å². The highest BCUT2D eigenvalue weighted by molar-refractivity contribution is 5.92. The summed E-state index contributed by atoms with van der Waals surface area (Å²) in [5.74, 6) is -1.94. The third kappa shape index (κ3) is 7.13. The molecule has 0 aliphatic rings. The zero-order chi connectivity index (χ0) is 26.3. The van der Waals surface area contributed by atoms with Crippen LogP contribution in [0, 0.1) is 12.7 Å². The molecule has 2 rings (SSSR count). The van der Waals surface area contributed by atoms with Crippen molar-refractivity contribution in [2.75, 3.05) is 14.1 Å². The number of primary amides is 1. The maximum Gasteiger partial charge on any atom is 0.246 e. The summed E-state index contributed by atoms with van der Waals surface area (Å²) in [4.78, 5) is 41.2. The quantitative estimate of drug-likeness (QED) is 0.418. The van der Waals surface area contributed by atoms with Gasteiger partial charge in [-0.2, -0.15) is 0 Å². The van der Waals surface area contributed by atoms with E-state index in [1.54, 1.807) is 31.2 Å². The number of halogens is 1. The van der Waals surface area contributed by atoms with Gasteiger partial charge in [0.25, 0.3) is 0 Å². The highest BCUT2D eigenvalue weighted by Crippen LogP contribution is 2.20. The second-order valence-corrected chi connectivity index (χ2v) is 8.62. The number of carbonyl (C=O) groups excluding carboxylic acids is 3. The average molecular weight is 485 g/mol. The van der Waals surface area contributed by atoms with Crippen molar-refractivity contribution in [1.29, 1.82) is 0 Å². The molecule has 188 valence electrons. The van der Waals surface area contributed by atoms with Gasteiger partial charge in [0.05, 0.1) is 6.04 Å². The Morgan fingerprint density at radius 3 is 2.11 bits per heavy atom. The molecule has 3 atom stereocenters. The molecule has 9 heteroatoms. The van der Waals surface area contributed by atoms with Gasteiger partial charge in [0.1, 0.15) is 23.7 Å². The molecule has 0 saturated heterocycles. The van der Waals surface area contributed by atoms with Crippen molar-refractivity contribution in [3.63, 3.8) is 0 Å². The van der Waals surface area contributed by atoms with Gasteiger partial charge in [-0.25, -0.2) is 4.39 Å². The maximum absolute atomic E-state index is 13.4. The number of carbonyl (C=O) groups is 3. The van der Waals surface area contributed by atoms with Crippen LogP contribution in [-0.4, -0.2) is 64.8 Å². The predicted molar refractivity (Wildman–Crippen MR) is 132 cm³/mol. The molecule has 0 spiro atoms. The van der Waals surface area contributed by atoms with Crippen LogP contribution < -0.4 is 11.5 Å². The van der Waals surface area contributed by atoms with E-state index in [0.29, 0.717) is 11.1 Å². The third-order valence-electron chi connectivity index (χ3n) is 6.01. The van der Waals surface area contributed by atoms with Crippen molar-refractivity contribution in [1.82, 2.24) is 9.80 Å². The van der Waals surface area contributed by atoms with Crippen molar-refractivity contribution < 1.29 is 23.9 Å². The predicted octanol–water partition coefficient (Wildman–Crippen LogP) is 1.67. The Morgan fingerprint density at radius 2 is 1.57 bits per heavy atom. The number of rotatable bonds is 11. The Morgan fingerprint density at radius 1 is 1.00 bits per heavy atom. The molecule has 2 aromatic carbocycles. The molecule has 0 radical (unpaired) electrons. The molecule has 0 bridgehead atoms. The summed E-state index contributed by atoms with van der Waals surface area (Å²) in [6.45, 7) is 5.40. The second-order valence-electron chi connectivity index (χ2n) is 8.62. The van der Waals surface area contributed by atoms with Crippen molar-refractivity contribution >= 4 is 17.7 Å². The topological polar surface area (TPSA) is 130 Å². The monoisotopic (exact) mass is 484 g/mol. The van der Waals surface area contributed by atoms with Gasteiger partial charge in [0.2, 0.25) is 17.7 Å². The zero-order valence-electron chi connectivity index (χ0n) is 20.3. The van der Waals surface area contributed by atoms with Crippen LogP contribution in [0.15, 0.2) is 55.1 Å². The number of aryl methyl sites for hydroxylation is 1. The van der Waals surface area contributed by atoms with Gasteiger partial charge in [0, 0.05) is 20.5 Å². The number of phenolic OH excluding ortho intramolecular Hbond substituents is 1. The Bertz CT molecular complexity index is 1070. The molecule has 0 aliphatic heterocycles. The minimum atomic E-state index is -0.977. The van der Waals surface area contributed by atoms with E-state index in [0.717, 1.165) is 5.56 Å². The number of nitrogens with zero attached hydrogens (tertiary/aromatic N) is 2. The van der Waals surface area contributed by atoms with E-state index in [4.69, 9.17) is 11.5 Å². The largest absolute Gasteiger partial charge is 0.508 e. The number of aromatic hydroxyl groups is 1. The number of amides is 3. The van der Waals surface area contributed by atoms with Crippen molar-refractivity contribution in [2.24, 2.45) is 11.5 Å². The Balaban J connectivity index is 2.19. The summed E-state index contributed by atoms with van der Waals surface area (Å²) in [6, 6.07) is 7.67. The highest BCUT2D eigenvalue weighted by atomic mass is 19.1. The van der Waals surface area contributed by atoms with E-state index < -0.39 is 41.7 Å². The first-order chi connectivity index (χ1) is 16.5. The van der Waals surface area contributed by atoms with Crippen LogP contribution in [0.3, 0.4) is 0 Å². The fourth-order valence-electron chi connectivity index (χ4n) is 3.84. The smallest absolute Gasteiger partial charge is 0.246 e. The molecule has 3 amide bonds. The summed E-state index contributed by atoms with van der Waals surface area (Å²) < 4.78 is 13.2. The summed E-state index contributed by atoms with van der Waals surface area (Å²) in [5, 5.41) is 9.75. The molecular weight excluding hydrogens is 451 g/mol. The molecule has 5 N–H and O–H groups in total. The summed E-state index contributed by atoms with van der Waals surface area (Å²) in [5.41, 5.74) is 13.8. The first-order valence-corrected chi connectivity index (χ1v) is 11.2. The van der Waals surface area contributed by atoms with Crippen LogP contribution in [0.1, 0.15) is 23.1 Å². The molecular formula is C26H33FN4O4. The number of nitrogens with two attached hydrogens (primary N) is 2. The van der Waals surface area contributed by atoms with Crippen molar-refractivity contribution in [3.8, 4) is 5.75 Å². The molecule has 0 aromatic heterocycles. The van der Waals surface area contributed by atoms with Crippen LogP contribution in [0.5, 0.6) is 5.75 Å².